The first-order valence-electron chi connectivity index (χ1n) is 7.76. The van der Waals surface area contributed by atoms with E-state index in [-0.39, 0.29) is 5.91 Å². The Hall–Kier alpha value is -2.40. The number of pyridine rings is 1. The molecule has 1 fully saturated rings. The first-order valence-corrected chi connectivity index (χ1v) is 7.76. The van der Waals surface area contributed by atoms with Crippen molar-refractivity contribution < 1.29 is 14.6 Å². The van der Waals surface area contributed by atoms with E-state index in [2.05, 4.69) is 4.98 Å². The lowest BCUT2D eigenvalue weighted by molar-refractivity contribution is 0.0640. The maximum atomic E-state index is 12.4. The van der Waals surface area contributed by atoms with Gasteiger partial charge in [-0.1, -0.05) is 18.2 Å². The van der Waals surface area contributed by atoms with Crippen LogP contribution in [0.5, 0.6) is 11.5 Å². The number of amides is 1. The summed E-state index contributed by atoms with van der Waals surface area (Å²) in [5.74, 6) is 1.38. The van der Waals surface area contributed by atoms with Crippen molar-refractivity contribution in [2.24, 2.45) is 5.92 Å². The summed E-state index contributed by atoms with van der Waals surface area (Å²) in [6, 6.07) is 12.7. The van der Waals surface area contributed by atoms with Gasteiger partial charge in [-0.3, -0.25) is 9.78 Å². The quantitative estimate of drug-likeness (QED) is 0.891. The minimum atomic E-state index is -0.451. The lowest BCUT2D eigenvalue weighted by atomic mass is 10.2. The predicted octanol–water partition coefficient (Wildman–Crippen LogP) is 2.72. The van der Waals surface area contributed by atoms with Crippen molar-refractivity contribution in [3.63, 3.8) is 0 Å². The zero-order chi connectivity index (χ0) is 16.2. The molecule has 1 aliphatic rings. The van der Waals surface area contributed by atoms with E-state index in [9.17, 15) is 9.90 Å². The van der Waals surface area contributed by atoms with E-state index >= 15 is 0 Å². The summed E-state index contributed by atoms with van der Waals surface area (Å²) in [5.41, 5.74) is 0.309. The highest BCUT2D eigenvalue weighted by Gasteiger charge is 2.31. The number of benzene rings is 1. The molecular weight excluding hydrogens is 292 g/mol. The summed E-state index contributed by atoms with van der Waals surface area (Å²) >= 11 is 0. The Balaban J connectivity index is 1.67. The van der Waals surface area contributed by atoms with Gasteiger partial charge in [0.15, 0.2) is 0 Å². The van der Waals surface area contributed by atoms with Gasteiger partial charge in [0.05, 0.1) is 6.10 Å². The van der Waals surface area contributed by atoms with Crippen LogP contribution >= 0.6 is 0 Å². The van der Waals surface area contributed by atoms with Gasteiger partial charge in [0.1, 0.15) is 17.2 Å². The molecule has 2 aromatic rings. The number of ether oxygens (including phenoxy) is 1. The molecule has 1 heterocycles. The minimum absolute atomic E-state index is 0.219. The Morgan fingerprint density at radius 3 is 2.74 bits per heavy atom. The van der Waals surface area contributed by atoms with Crippen molar-refractivity contribution in [3.8, 4) is 11.5 Å². The Bertz CT molecular complexity index is 671. The fourth-order valence-electron chi connectivity index (χ4n) is 2.41. The van der Waals surface area contributed by atoms with E-state index in [1.165, 1.54) is 4.90 Å². The topological polar surface area (TPSA) is 62.7 Å². The van der Waals surface area contributed by atoms with Gasteiger partial charge >= 0.3 is 0 Å². The molecule has 1 saturated carbocycles. The average molecular weight is 312 g/mol. The van der Waals surface area contributed by atoms with E-state index in [1.54, 1.807) is 25.4 Å². The summed E-state index contributed by atoms with van der Waals surface area (Å²) in [4.78, 5) is 18.1. The second-order valence-electron chi connectivity index (χ2n) is 5.88. The van der Waals surface area contributed by atoms with Crippen molar-refractivity contribution in [3.05, 3.63) is 54.4 Å². The number of aliphatic hydroxyl groups excluding tert-OH is 1. The van der Waals surface area contributed by atoms with Crippen LogP contribution < -0.4 is 4.74 Å². The van der Waals surface area contributed by atoms with Crippen molar-refractivity contribution in [2.75, 3.05) is 13.6 Å². The number of nitrogens with zero attached hydrogens (tertiary/aromatic N) is 2. The Morgan fingerprint density at radius 2 is 2.04 bits per heavy atom. The number of hydrogen-bond acceptors (Lipinski definition) is 4. The van der Waals surface area contributed by atoms with Crippen molar-refractivity contribution in [1.29, 1.82) is 0 Å². The number of carbonyl (C=O) groups is 1. The number of rotatable bonds is 6. The van der Waals surface area contributed by atoms with Crippen molar-refractivity contribution in [1.82, 2.24) is 9.88 Å². The molecule has 1 atom stereocenters. The zero-order valence-corrected chi connectivity index (χ0v) is 13.1. The first kappa shape index (κ1) is 15.5. The Kier molecular flexibility index (Phi) is 4.57. The summed E-state index contributed by atoms with van der Waals surface area (Å²) < 4.78 is 5.72. The second-order valence-corrected chi connectivity index (χ2v) is 5.88. The molecule has 1 unspecified atom stereocenters. The monoisotopic (exact) mass is 312 g/mol. The molecule has 120 valence electrons. The molecular formula is C18H20N2O3. The molecule has 3 rings (SSSR count). The van der Waals surface area contributed by atoms with Gasteiger partial charge in [0.25, 0.3) is 5.91 Å². The van der Waals surface area contributed by atoms with E-state index < -0.39 is 6.10 Å². The molecule has 0 radical (unpaired) electrons. The second kappa shape index (κ2) is 6.79. The number of hydrogen-bond donors (Lipinski definition) is 1. The molecule has 1 aromatic heterocycles. The van der Waals surface area contributed by atoms with Crippen LogP contribution in [0.25, 0.3) is 0 Å². The van der Waals surface area contributed by atoms with Crippen molar-refractivity contribution >= 4 is 5.91 Å². The summed E-state index contributed by atoms with van der Waals surface area (Å²) in [7, 11) is 1.68. The van der Waals surface area contributed by atoms with Gasteiger partial charge in [0, 0.05) is 25.9 Å². The molecule has 1 amide bonds. The third-order valence-electron chi connectivity index (χ3n) is 3.90. The number of carbonyl (C=O) groups excluding carboxylic acids is 1. The van der Waals surface area contributed by atoms with Crippen LogP contribution in [0.1, 0.15) is 23.3 Å². The van der Waals surface area contributed by atoms with E-state index in [0.717, 1.165) is 12.8 Å². The number of para-hydroxylation sites is 1. The van der Waals surface area contributed by atoms with E-state index in [4.69, 9.17) is 4.74 Å². The van der Waals surface area contributed by atoms with Gasteiger partial charge in [0.2, 0.25) is 0 Å². The Morgan fingerprint density at radius 1 is 1.30 bits per heavy atom. The number of aromatic nitrogens is 1. The van der Waals surface area contributed by atoms with Crippen LogP contribution in [0.3, 0.4) is 0 Å². The smallest absolute Gasteiger partial charge is 0.272 e. The van der Waals surface area contributed by atoms with Gasteiger partial charge in [-0.05, 0) is 37.0 Å². The largest absolute Gasteiger partial charge is 0.457 e. The number of aliphatic hydroxyl groups is 1. The lowest BCUT2D eigenvalue weighted by Gasteiger charge is -2.20. The van der Waals surface area contributed by atoms with Crippen LogP contribution in [0, 0.1) is 5.92 Å². The average Bonchev–Trinajstić information content (AvgIpc) is 3.40. The summed E-state index contributed by atoms with van der Waals surface area (Å²) in [6.45, 7) is 0.328. The van der Waals surface area contributed by atoms with Gasteiger partial charge < -0.3 is 14.7 Å². The molecule has 0 bridgehead atoms. The fraction of sp³-hybridized carbons (Fsp3) is 0.333. The SMILES string of the molecule is CN(CC(O)C1CC1)C(=O)c1cc(Oc2ccccc2)ccn1. The molecule has 23 heavy (non-hydrogen) atoms. The van der Waals surface area contributed by atoms with Crippen LogP contribution in [0.2, 0.25) is 0 Å². The molecule has 1 N–H and O–H groups in total. The standard InChI is InChI=1S/C18H20N2O3/c1-20(12-17(21)13-7-8-13)18(22)16-11-15(9-10-19-16)23-14-5-3-2-4-6-14/h2-6,9-11,13,17,21H,7-8,12H2,1H3. The van der Waals surface area contributed by atoms with E-state index in [0.29, 0.717) is 29.7 Å². The minimum Gasteiger partial charge on any atom is -0.457 e. The first-order chi connectivity index (χ1) is 11.1. The molecule has 5 heteroatoms. The predicted molar refractivity (Wildman–Crippen MR) is 86.4 cm³/mol. The van der Waals surface area contributed by atoms with Crippen LogP contribution in [-0.2, 0) is 0 Å². The molecule has 0 saturated heterocycles. The highest BCUT2D eigenvalue weighted by Crippen LogP contribution is 2.32. The molecule has 0 spiro atoms. The highest BCUT2D eigenvalue weighted by atomic mass is 16.5. The summed E-state index contributed by atoms with van der Waals surface area (Å²) in [5, 5.41) is 9.97. The molecule has 5 nitrogen and oxygen atoms in total. The maximum Gasteiger partial charge on any atom is 0.272 e. The van der Waals surface area contributed by atoms with Crippen LogP contribution in [0.4, 0.5) is 0 Å². The maximum absolute atomic E-state index is 12.4. The van der Waals surface area contributed by atoms with E-state index in [1.807, 2.05) is 30.3 Å². The zero-order valence-electron chi connectivity index (χ0n) is 13.1. The highest BCUT2D eigenvalue weighted by molar-refractivity contribution is 5.92. The lowest BCUT2D eigenvalue weighted by Crippen LogP contribution is -2.35. The molecule has 0 aliphatic heterocycles. The fourth-order valence-corrected chi connectivity index (χ4v) is 2.41. The third-order valence-corrected chi connectivity index (χ3v) is 3.90. The Labute approximate surface area is 135 Å². The normalized spacial score (nSPS) is 15.0. The molecule has 1 aliphatic carbocycles. The summed E-state index contributed by atoms with van der Waals surface area (Å²) in [6.07, 6.45) is 3.19. The molecule has 1 aromatic carbocycles. The van der Waals surface area contributed by atoms with Gasteiger partial charge in [-0.25, -0.2) is 0 Å². The van der Waals surface area contributed by atoms with Gasteiger partial charge in [-0.15, -0.1) is 0 Å². The van der Waals surface area contributed by atoms with Crippen LogP contribution in [-0.4, -0.2) is 40.6 Å². The van der Waals surface area contributed by atoms with Crippen LogP contribution in [0.15, 0.2) is 48.7 Å². The third kappa shape index (κ3) is 4.07. The van der Waals surface area contributed by atoms with Crippen molar-refractivity contribution in [2.45, 2.75) is 18.9 Å². The van der Waals surface area contributed by atoms with Gasteiger partial charge in [-0.2, -0.15) is 0 Å². The number of likely N-dealkylation sites (N-methyl/N-ethyl adjacent to an activating group) is 1.